The van der Waals surface area contributed by atoms with E-state index in [9.17, 15) is 9.59 Å². The summed E-state index contributed by atoms with van der Waals surface area (Å²) in [7, 11) is 0. The van der Waals surface area contributed by atoms with Gasteiger partial charge >= 0.3 is 0 Å². The van der Waals surface area contributed by atoms with Gasteiger partial charge in [-0.2, -0.15) is 0 Å². The SMILES string of the molecule is O=C(Nc1ccc2c(c1)N(C(=O)c1cccnc1)CC2)c1ccccc1. The molecule has 0 atom stereocenters. The predicted octanol–water partition coefficient (Wildman–Crippen LogP) is 3.54. The molecule has 2 aromatic carbocycles. The maximum Gasteiger partial charge on any atom is 0.259 e. The van der Waals surface area contributed by atoms with E-state index >= 15 is 0 Å². The Balaban J connectivity index is 1.58. The Kier molecular flexibility index (Phi) is 4.19. The third-order valence-electron chi connectivity index (χ3n) is 4.43. The average Bonchev–Trinajstić information content (AvgIpc) is 3.12. The number of amides is 2. The van der Waals surface area contributed by atoms with Crippen molar-refractivity contribution >= 4 is 23.2 Å². The lowest BCUT2D eigenvalue weighted by Crippen LogP contribution is -2.29. The lowest BCUT2D eigenvalue weighted by Gasteiger charge is -2.18. The Morgan fingerprint density at radius 2 is 1.77 bits per heavy atom. The third-order valence-corrected chi connectivity index (χ3v) is 4.43. The molecule has 1 aromatic heterocycles. The summed E-state index contributed by atoms with van der Waals surface area (Å²) >= 11 is 0. The van der Waals surface area contributed by atoms with E-state index in [1.165, 1.54) is 0 Å². The number of nitrogens with one attached hydrogen (secondary N) is 1. The molecule has 3 aromatic rings. The molecule has 26 heavy (non-hydrogen) atoms. The summed E-state index contributed by atoms with van der Waals surface area (Å²) in [6.45, 7) is 0.624. The summed E-state index contributed by atoms with van der Waals surface area (Å²) in [5.41, 5.74) is 3.75. The van der Waals surface area contributed by atoms with Gasteiger partial charge in [-0.3, -0.25) is 14.6 Å². The van der Waals surface area contributed by atoms with Crippen LogP contribution in [0.5, 0.6) is 0 Å². The van der Waals surface area contributed by atoms with Gasteiger partial charge in [-0.25, -0.2) is 0 Å². The van der Waals surface area contributed by atoms with Gasteiger partial charge in [0, 0.05) is 35.9 Å². The number of rotatable bonds is 3. The molecule has 0 spiro atoms. The minimum Gasteiger partial charge on any atom is -0.322 e. The molecule has 2 amide bonds. The van der Waals surface area contributed by atoms with E-state index in [0.29, 0.717) is 23.4 Å². The van der Waals surface area contributed by atoms with Crippen molar-refractivity contribution in [2.75, 3.05) is 16.8 Å². The van der Waals surface area contributed by atoms with Gasteiger partial charge in [-0.1, -0.05) is 24.3 Å². The number of anilines is 2. The van der Waals surface area contributed by atoms with Crippen LogP contribution in [0.3, 0.4) is 0 Å². The molecule has 0 radical (unpaired) electrons. The van der Waals surface area contributed by atoms with Gasteiger partial charge in [0.15, 0.2) is 0 Å². The van der Waals surface area contributed by atoms with E-state index in [0.717, 1.165) is 17.7 Å². The van der Waals surface area contributed by atoms with Gasteiger partial charge in [0.05, 0.1) is 5.56 Å². The molecule has 0 bridgehead atoms. The molecule has 0 saturated carbocycles. The molecule has 1 N–H and O–H groups in total. The first-order valence-corrected chi connectivity index (χ1v) is 8.43. The van der Waals surface area contributed by atoms with E-state index in [1.807, 2.05) is 36.4 Å². The summed E-state index contributed by atoms with van der Waals surface area (Å²) in [4.78, 5) is 30.9. The molecule has 2 heterocycles. The van der Waals surface area contributed by atoms with E-state index in [-0.39, 0.29) is 11.8 Å². The molecular weight excluding hydrogens is 326 g/mol. The van der Waals surface area contributed by atoms with E-state index in [2.05, 4.69) is 10.3 Å². The summed E-state index contributed by atoms with van der Waals surface area (Å²) in [5, 5.41) is 2.90. The first-order valence-electron chi connectivity index (χ1n) is 8.43. The van der Waals surface area contributed by atoms with Crippen molar-refractivity contribution in [3.05, 3.63) is 89.7 Å². The van der Waals surface area contributed by atoms with Crippen molar-refractivity contribution in [1.29, 1.82) is 0 Å². The smallest absolute Gasteiger partial charge is 0.259 e. The summed E-state index contributed by atoms with van der Waals surface area (Å²) in [5.74, 6) is -0.253. The van der Waals surface area contributed by atoms with Crippen LogP contribution in [-0.2, 0) is 6.42 Å². The minimum atomic E-state index is -0.173. The van der Waals surface area contributed by atoms with E-state index in [4.69, 9.17) is 0 Å². The number of benzene rings is 2. The molecule has 0 unspecified atom stereocenters. The average molecular weight is 343 g/mol. The summed E-state index contributed by atoms with van der Waals surface area (Å²) in [6.07, 6.45) is 4.02. The van der Waals surface area contributed by atoms with Crippen LogP contribution in [0.15, 0.2) is 73.1 Å². The van der Waals surface area contributed by atoms with Crippen molar-refractivity contribution in [3.8, 4) is 0 Å². The fourth-order valence-corrected chi connectivity index (χ4v) is 3.11. The van der Waals surface area contributed by atoms with Crippen molar-refractivity contribution in [2.24, 2.45) is 0 Å². The lowest BCUT2D eigenvalue weighted by molar-refractivity contribution is 0.0987. The number of aromatic nitrogens is 1. The van der Waals surface area contributed by atoms with Crippen molar-refractivity contribution in [1.82, 2.24) is 4.98 Å². The van der Waals surface area contributed by atoms with Gasteiger partial charge in [0.25, 0.3) is 11.8 Å². The standard InChI is InChI=1S/C21H17N3O2/c25-20(16-5-2-1-3-6-16)23-18-9-8-15-10-12-24(19(15)13-18)21(26)17-7-4-11-22-14-17/h1-9,11,13-14H,10,12H2,(H,23,25). The van der Waals surface area contributed by atoms with Gasteiger partial charge in [0.1, 0.15) is 0 Å². The monoisotopic (exact) mass is 343 g/mol. The highest BCUT2D eigenvalue weighted by molar-refractivity contribution is 6.08. The highest BCUT2D eigenvalue weighted by Crippen LogP contribution is 2.32. The Morgan fingerprint density at radius 1 is 0.962 bits per heavy atom. The molecule has 5 nitrogen and oxygen atoms in total. The second-order valence-electron chi connectivity index (χ2n) is 6.11. The Bertz CT molecular complexity index is 956. The van der Waals surface area contributed by atoms with E-state index < -0.39 is 0 Å². The Morgan fingerprint density at radius 3 is 2.54 bits per heavy atom. The number of carbonyl (C=O) groups is 2. The number of carbonyl (C=O) groups excluding carboxylic acids is 2. The first-order chi connectivity index (χ1) is 12.7. The maximum atomic E-state index is 12.8. The largest absolute Gasteiger partial charge is 0.322 e. The quantitative estimate of drug-likeness (QED) is 0.791. The fourth-order valence-electron chi connectivity index (χ4n) is 3.11. The number of hydrogen-bond acceptors (Lipinski definition) is 3. The van der Waals surface area contributed by atoms with Crippen molar-refractivity contribution < 1.29 is 9.59 Å². The molecular formula is C21H17N3O2. The molecule has 128 valence electrons. The zero-order valence-corrected chi connectivity index (χ0v) is 14.1. The van der Waals surface area contributed by atoms with Gasteiger partial charge < -0.3 is 10.2 Å². The van der Waals surface area contributed by atoms with E-state index in [1.54, 1.807) is 41.6 Å². The summed E-state index contributed by atoms with van der Waals surface area (Å²) < 4.78 is 0. The van der Waals surface area contributed by atoms with Crippen LogP contribution in [0.1, 0.15) is 26.3 Å². The van der Waals surface area contributed by atoms with Crippen LogP contribution in [0, 0.1) is 0 Å². The van der Waals surface area contributed by atoms with Crippen LogP contribution < -0.4 is 10.2 Å². The van der Waals surface area contributed by atoms with Gasteiger partial charge in [-0.05, 0) is 48.4 Å². The van der Waals surface area contributed by atoms with Crippen LogP contribution in [0.25, 0.3) is 0 Å². The topological polar surface area (TPSA) is 62.3 Å². The van der Waals surface area contributed by atoms with Crippen LogP contribution >= 0.6 is 0 Å². The molecule has 0 saturated heterocycles. The highest BCUT2D eigenvalue weighted by atomic mass is 16.2. The molecule has 0 aliphatic carbocycles. The van der Waals surface area contributed by atoms with Crippen LogP contribution in [-0.4, -0.2) is 23.3 Å². The number of hydrogen-bond donors (Lipinski definition) is 1. The van der Waals surface area contributed by atoms with Crippen molar-refractivity contribution in [3.63, 3.8) is 0 Å². The number of pyridine rings is 1. The maximum absolute atomic E-state index is 12.8. The highest BCUT2D eigenvalue weighted by Gasteiger charge is 2.26. The molecule has 5 heteroatoms. The summed E-state index contributed by atoms with van der Waals surface area (Å²) in [6, 6.07) is 18.3. The zero-order valence-electron chi connectivity index (χ0n) is 14.1. The normalized spacial score (nSPS) is 12.5. The Labute approximate surface area is 151 Å². The Hall–Kier alpha value is -3.47. The predicted molar refractivity (Wildman–Crippen MR) is 100 cm³/mol. The number of fused-ring (bicyclic) bond motifs is 1. The second-order valence-corrected chi connectivity index (χ2v) is 6.11. The molecule has 1 aliphatic heterocycles. The molecule has 0 fully saturated rings. The fraction of sp³-hybridized carbons (Fsp3) is 0.0952. The third kappa shape index (κ3) is 3.07. The minimum absolute atomic E-state index is 0.0802. The van der Waals surface area contributed by atoms with Crippen molar-refractivity contribution in [2.45, 2.75) is 6.42 Å². The second kappa shape index (κ2) is 6.80. The van der Waals surface area contributed by atoms with Crippen LogP contribution in [0.4, 0.5) is 11.4 Å². The van der Waals surface area contributed by atoms with Crippen LogP contribution in [0.2, 0.25) is 0 Å². The lowest BCUT2D eigenvalue weighted by atomic mass is 10.1. The first kappa shape index (κ1) is 16.0. The van der Waals surface area contributed by atoms with Gasteiger partial charge in [0.2, 0.25) is 0 Å². The molecule has 4 rings (SSSR count). The number of nitrogens with zero attached hydrogens (tertiary/aromatic N) is 2. The molecule has 1 aliphatic rings. The zero-order chi connectivity index (χ0) is 17.9. The van der Waals surface area contributed by atoms with Gasteiger partial charge in [-0.15, -0.1) is 0 Å².